The van der Waals surface area contributed by atoms with E-state index in [1.54, 1.807) is 17.6 Å². The molecule has 3 rings (SSSR count). The lowest BCUT2D eigenvalue weighted by atomic mass is 9.88. The van der Waals surface area contributed by atoms with E-state index in [1.165, 1.54) is 13.5 Å². The van der Waals surface area contributed by atoms with Crippen LogP contribution >= 0.6 is 0 Å². The standard InChI is InChI=1S/C21H31N3O5S/c1-21(20(26)29-2)14-17(23-21)16-13-15-9-6-4-5-7-10-18(15)24(19(16)25)12-8-11-22-30(3,27)28/h13-14,22-23H,4-12H2,1-3H3. The number of nitrogens with one attached hydrogen (secondary N) is 2. The molecule has 1 atom stereocenters. The Kier molecular flexibility index (Phi) is 6.71. The molecule has 9 heteroatoms. The number of aryl methyl sites for hydroxylation is 1. The Hall–Kier alpha value is -2.13. The SMILES string of the molecule is COC(=O)C1(C)C=C(c2cc3c(n(CCCNS(C)(=O)=O)c2=O)CCCCCC3)N1. The van der Waals surface area contributed by atoms with Gasteiger partial charge >= 0.3 is 5.97 Å². The fourth-order valence-electron chi connectivity index (χ4n) is 4.19. The molecule has 0 spiro atoms. The second kappa shape index (κ2) is 8.93. The van der Waals surface area contributed by atoms with Gasteiger partial charge in [0.25, 0.3) is 5.56 Å². The normalized spacial score (nSPS) is 21.4. The summed E-state index contributed by atoms with van der Waals surface area (Å²) in [4.78, 5) is 25.3. The Morgan fingerprint density at radius 1 is 1.27 bits per heavy atom. The van der Waals surface area contributed by atoms with Crippen LogP contribution in [0.15, 0.2) is 16.9 Å². The molecule has 0 radical (unpaired) electrons. The molecule has 0 saturated heterocycles. The topological polar surface area (TPSA) is 106 Å². The summed E-state index contributed by atoms with van der Waals surface area (Å²) in [5, 5.41) is 3.09. The fourth-order valence-corrected chi connectivity index (χ4v) is 4.70. The third-order valence-corrected chi connectivity index (χ3v) is 6.48. The van der Waals surface area contributed by atoms with Crippen molar-refractivity contribution in [2.45, 2.75) is 64.0 Å². The molecule has 0 bridgehead atoms. The summed E-state index contributed by atoms with van der Waals surface area (Å²) in [6, 6.07) is 1.96. The van der Waals surface area contributed by atoms with E-state index < -0.39 is 21.5 Å². The minimum absolute atomic E-state index is 0.112. The van der Waals surface area contributed by atoms with Gasteiger partial charge in [0.1, 0.15) is 0 Å². The number of ether oxygens (including phenoxy) is 1. The number of methoxy groups -OCH3 is 1. The quantitative estimate of drug-likeness (QED) is 0.492. The number of carbonyl (C=O) groups is 1. The molecule has 2 aliphatic rings. The van der Waals surface area contributed by atoms with Gasteiger partial charge in [0.05, 0.1) is 18.9 Å². The van der Waals surface area contributed by atoms with Crippen molar-refractivity contribution < 1.29 is 17.9 Å². The summed E-state index contributed by atoms with van der Waals surface area (Å²) in [6.45, 7) is 2.44. The van der Waals surface area contributed by atoms with Gasteiger partial charge in [-0.15, -0.1) is 0 Å². The number of nitrogens with zero attached hydrogens (tertiary/aromatic N) is 1. The summed E-state index contributed by atoms with van der Waals surface area (Å²) < 4.78 is 31.8. The molecule has 1 aliphatic heterocycles. The van der Waals surface area contributed by atoms with Crippen molar-refractivity contribution >= 4 is 21.7 Å². The zero-order chi connectivity index (χ0) is 21.9. The number of esters is 1. The van der Waals surface area contributed by atoms with Gasteiger partial charge in [0.15, 0.2) is 5.54 Å². The first-order chi connectivity index (χ1) is 14.1. The molecule has 1 aromatic rings. The number of pyridine rings is 1. The van der Waals surface area contributed by atoms with E-state index in [0.717, 1.165) is 49.6 Å². The molecular weight excluding hydrogens is 406 g/mol. The number of fused-ring (bicyclic) bond motifs is 1. The zero-order valence-electron chi connectivity index (χ0n) is 17.9. The van der Waals surface area contributed by atoms with Gasteiger partial charge < -0.3 is 14.6 Å². The van der Waals surface area contributed by atoms with Gasteiger partial charge in [-0.2, -0.15) is 0 Å². The van der Waals surface area contributed by atoms with Crippen molar-refractivity contribution in [2.24, 2.45) is 0 Å². The maximum absolute atomic E-state index is 13.3. The lowest BCUT2D eigenvalue weighted by Crippen LogP contribution is -2.55. The highest BCUT2D eigenvalue weighted by Gasteiger charge is 2.41. The first-order valence-electron chi connectivity index (χ1n) is 10.4. The van der Waals surface area contributed by atoms with Gasteiger partial charge in [-0.05, 0) is 56.7 Å². The highest BCUT2D eigenvalue weighted by Crippen LogP contribution is 2.29. The van der Waals surface area contributed by atoms with Crippen LogP contribution in [0, 0.1) is 0 Å². The number of hydrogen-bond donors (Lipinski definition) is 2. The molecule has 2 heterocycles. The Morgan fingerprint density at radius 2 is 1.93 bits per heavy atom. The van der Waals surface area contributed by atoms with E-state index in [4.69, 9.17) is 4.74 Å². The maximum Gasteiger partial charge on any atom is 0.335 e. The predicted molar refractivity (Wildman–Crippen MR) is 116 cm³/mol. The fraction of sp³-hybridized carbons (Fsp3) is 0.619. The molecule has 166 valence electrons. The van der Waals surface area contributed by atoms with E-state index in [2.05, 4.69) is 10.0 Å². The summed E-state index contributed by atoms with van der Waals surface area (Å²) in [5.41, 5.74) is 2.37. The van der Waals surface area contributed by atoms with Crippen LogP contribution < -0.4 is 15.6 Å². The molecule has 1 aromatic heterocycles. The highest BCUT2D eigenvalue weighted by atomic mass is 32.2. The molecule has 1 unspecified atom stereocenters. The molecule has 30 heavy (non-hydrogen) atoms. The number of rotatable bonds is 7. The number of aromatic nitrogens is 1. The van der Waals surface area contributed by atoms with Crippen molar-refractivity contribution in [3.63, 3.8) is 0 Å². The van der Waals surface area contributed by atoms with Crippen molar-refractivity contribution in [1.29, 1.82) is 0 Å². The second-order valence-corrected chi connectivity index (χ2v) is 10.1. The van der Waals surface area contributed by atoms with Crippen molar-refractivity contribution in [3.8, 4) is 0 Å². The van der Waals surface area contributed by atoms with Crippen LogP contribution in [0.25, 0.3) is 5.70 Å². The molecule has 2 N–H and O–H groups in total. The van der Waals surface area contributed by atoms with Crippen LogP contribution in [-0.2, 0) is 38.9 Å². The number of carbonyl (C=O) groups excluding carboxylic acids is 1. The van der Waals surface area contributed by atoms with E-state index in [9.17, 15) is 18.0 Å². The van der Waals surface area contributed by atoms with Crippen LogP contribution in [0.3, 0.4) is 0 Å². The first kappa shape index (κ1) is 22.6. The third-order valence-electron chi connectivity index (χ3n) is 5.75. The average molecular weight is 438 g/mol. The molecule has 0 amide bonds. The Labute approximate surface area is 177 Å². The van der Waals surface area contributed by atoms with Crippen LogP contribution in [0.2, 0.25) is 0 Å². The van der Waals surface area contributed by atoms with Gasteiger partial charge in [0.2, 0.25) is 10.0 Å². The zero-order valence-corrected chi connectivity index (χ0v) is 18.7. The second-order valence-electron chi connectivity index (χ2n) is 8.30. The van der Waals surface area contributed by atoms with E-state index in [-0.39, 0.29) is 12.1 Å². The molecular formula is C21H31N3O5S. The molecule has 0 saturated carbocycles. The van der Waals surface area contributed by atoms with Crippen LogP contribution in [0.4, 0.5) is 0 Å². The van der Waals surface area contributed by atoms with Gasteiger partial charge in [-0.25, -0.2) is 17.9 Å². The maximum atomic E-state index is 13.3. The average Bonchev–Trinajstić information content (AvgIpc) is 2.63. The molecule has 0 aromatic carbocycles. The first-order valence-corrected chi connectivity index (χ1v) is 12.3. The third kappa shape index (κ3) is 4.95. The van der Waals surface area contributed by atoms with E-state index in [1.807, 2.05) is 6.07 Å². The van der Waals surface area contributed by atoms with Crippen LogP contribution in [0.1, 0.15) is 55.8 Å². The van der Waals surface area contributed by atoms with Crippen molar-refractivity contribution in [1.82, 2.24) is 14.6 Å². The molecule has 8 nitrogen and oxygen atoms in total. The summed E-state index contributed by atoms with van der Waals surface area (Å²) in [6.07, 6.45) is 9.57. The van der Waals surface area contributed by atoms with Crippen LogP contribution in [0.5, 0.6) is 0 Å². The minimum atomic E-state index is -3.26. The smallest absolute Gasteiger partial charge is 0.335 e. The van der Waals surface area contributed by atoms with Crippen molar-refractivity contribution in [3.05, 3.63) is 39.3 Å². The molecule has 0 fully saturated rings. The number of sulfonamides is 1. The van der Waals surface area contributed by atoms with E-state index >= 15 is 0 Å². The largest absolute Gasteiger partial charge is 0.467 e. The molecule has 1 aliphatic carbocycles. The summed E-state index contributed by atoms with van der Waals surface area (Å²) in [7, 11) is -1.92. The summed E-state index contributed by atoms with van der Waals surface area (Å²) >= 11 is 0. The van der Waals surface area contributed by atoms with Gasteiger partial charge in [0, 0.05) is 24.5 Å². The van der Waals surface area contributed by atoms with Crippen molar-refractivity contribution in [2.75, 3.05) is 19.9 Å². The lowest BCUT2D eigenvalue weighted by Gasteiger charge is -2.36. The highest BCUT2D eigenvalue weighted by molar-refractivity contribution is 7.88. The monoisotopic (exact) mass is 437 g/mol. The van der Waals surface area contributed by atoms with Gasteiger partial charge in [-0.1, -0.05) is 12.8 Å². The Morgan fingerprint density at radius 3 is 2.57 bits per heavy atom. The Bertz CT molecular complexity index is 1010. The minimum Gasteiger partial charge on any atom is -0.467 e. The number of hydrogen-bond acceptors (Lipinski definition) is 6. The Balaban J connectivity index is 1.94. The van der Waals surface area contributed by atoms with Crippen LogP contribution in [-0.4, -0.2) is 44.4 Å². The van der Waals surface area contributed by atoms with Gasteiger partial charge in [-0.3, -0.25) is 4.79 Å². The predicted octanol–water partition coefficient (Wildman–Crippen LogP) is 1.32. The summed E-state index contributed by atoms with van der Waals surface area (Å²) in [5.74, 6) is -0.398. The van der Waals surface area contributed by atoms with E-state index in [0.29, 0.717) is 24.2 Å². The lowest BCUT2D eigenvalue weighted by molar-refractivity contribution is -0.145.